The van der Waals surface area contributed by atoms with E-state index in [4.69, 9.17) is 14.1 Å². The lowest BCUT2D eigenvalue weighted by Gasteiger charge is -2.40. The fourth-order valence-electron chi connectivity index (χ4n) is 4.65. The number of amides is 1. The van der Waals surface area contributed by atoms with Gasteiger partial charge in [0, 0.05) is 36.3 Å². The quantitative estimate of drug-likeness (QED) is 0.248. The van der Waals surface area contributed by atoms with Crippen molar-refractivity contribution in [1.82, 2.24) is 29.8 Å². The average Bonchev–Trinajstić information content (AvgIpc) is 3.24. The van der Waals surface area contributed by atoms with Gasteiger partial charge in [0.15, 0.2) is 25.3 Å². The molecule has 1 aliphatic rings. The van der Waals surface area contributed by atoms with Crippen LogP contribution in [-0.4, -0.2) is 69.8 Å². The summed E-state index contributed by atoms with van der Waals surface area (Å²) in [7, 11) is -2.02. The molecule has 1 N–H and O–H groups in total. The summed E-state index contributed by atoms with van der Waals surface area (Å²) < 4.78 is 54.6. The number of nitrogens with one attached hydrogen (secondary N) is 1. The number of carbonyl (C=O) groups excluding carboxylic acids is 1. The van der Waals surface area contributed by atoms with Gasteiger partial charge in [-0.1, -0.05) is 32.5 Å². The number of hydrogen-bond donors (Lipinski definition) is 1. The molecule has 0 bridgehead atoms. The van der Waals surface area contributed by atoms with Gasteiger partial charge >= 0.3 is 12.3 Å². The number of ether oxygens (including phenoxy) is 1. The molecule has 4 rings (SSSR count). The number of carbonyl (C=O) groups is 1. The summed E-state index contributed by atoms with van der Waals surface area (Å²) in [6.45, 7) is 20.6. The van der Waals surface area contributed by atoms with Gasteiger partial charge in [-0.3, -0.25) is 9.55 Å². The summed E-state index contributed by atoms with van der Waals surface area (Å²) >= 11 is 0.850. The zero-order valence-electron chi connectivity index (χ0n) is 27.5. The standard InChI is InChI=1S/C30H44F3N7O3SSi/c1-27(2,3)43-26(41)38-29(7)12-15-39(16-13-29)25-37-23-24(40(25)17-18-42-45(8,9)28(4,5)6)35-19-21(36-23)44-20-11-10-14-34-22(20)30(31,32)33/h10-11,14,19H,12-13,15-18H2,1-9H3,(H,38,41). The first-order valence-electron chi connectivity index (χ1n) is 15.0. The number of rotatable bonds is 8. The van der Waals surface area contributed by atoms with Crippen LogP contribution in [0.2, 0.25) is 18.1 Å². The Kier molecular flexibility index (Phi) is 9.87. The maximum atomic E-state index is 13.6. The van der Waals surface area contributed by atoms with Gasteiger partial charge in [-0.25, -0.2) is 14.8 Å². The smallest absolute Gasteiger partial charge is 0.434 e. The fraction of sp³-hybridized carbons (Fsp3) is 0.633. The lowest BCUT2D eigenvalue weighted by atomic mass is 9.90. The largest absolute Gasteiger partial charge is 0.444 e. The van der Waals surface area contributed by atoms with Crippen molar-refractivity contribution >= 4 is 43.4 Å². The second kappa shape index (κ2) is 12.7. The molecule has 45 heavy (non-hydrogen) atoms. The van der Waals surface area contributed by atoms with Gasteiger partial charge in [0.2, 0.25) is 5.95 Å². The Morgan fingerprint density at radius 2 is 1.76 bits per heavy atom. The zero-order chi connectivity index (χ0) is 33.4. The highest BCUT2D eigenvalue weighted by atomic mass is 32.2. The molecule has 15 heteroatoms. The molecular weight excluding hydrogens is 624 g/mol. The summed E-state index contributed by atoms with van der Waals surface area (Å²) in [5.74, 6) is 0.655. The summed E-state index contributed by atoms with van der Waals surface area (Å²) in [5.41, 5.74) is -1.17. The van der Waals surface area contributed by atoms with Crippen molar-refractivity contribution in [2.75, 3.05) is 24.6 Å². The number of piperidine rings is 1. The van der Waals surface area contributed by atoms with Crippen LogP contribution in [0.25, 0.3) is 11.3 Å². The highest BCUT2D eigenvalue weighted by Gasteiger charge is 2.38. The fourth-order valence-corrected chi connectivity index (χ4v) is 6.56. The van der Waals surface area contributed by atoms with Crippen LogP contribution in [0.4, 0.5) is 23.9 Å². The lowest BCUT2D eigenvalue weighted by Crippen LogP contribution is -2.54. The van der Waals surface area contributed by atoms with Crippen molar-refractivity contribution in [1.29, 1.82) is 0 Å². The molecule has 10 nitrogen and oxygen atoms in total. The SMILES string of the molecule is CC1(NC(=O)OC(C)(C)C)CCN(c2nc3nc(Sc4cccnc4C(F)(F)F)cnc3n2CCO[Si](C)(C)C(C)(C)C)CC1. The molecule has 1 fully saturated rings. The second-order valence-corrected chi connectivity index (χ2v) is 20.0. The number of fused-ring (bicyclic) bond motifs is 1. The van der Waals surface area contributed by atoms with Crippen molar-refractivity contribution < 1.29 is 27.1 Å². The molecule has 0 atom stereocenters. The topological polar surface area (TPSA) is 107 Å². The van der Waals surface area contributed by atoms with Crippen LogP contribution in [0, 0.1) is 0 Å². The van der Waals surface area contributed by atoms with Crippen LogP contribution in [0.5, 0.6) is 0 Å². The second-order valence-electron chi connectivity index (χ2n) is 14.2. The molecule has 4 heterocycles. The third-order valence-corrected chi connectivity index (χ3v) is 13.7. The summed E-state index contributed by atoms with van der Waals surface area (Å²) in [4.78, 5) is 32.2. The van der Waals surface area contributed by atoms with Gasteiger partial charge in [-0.15, -0.1) is 0 Å². The van der Waals surface area contributed by atoms with Gasteiger partial charge in [-0.05, 0) is 70.8 Å². The number of aromatic nitrogens is 5. The van der Waals surface area contributed by atoms with Gasteiger partial charge in [-0.2, -0.15) is 18.2 Å². The van der Waals surface area contributed by atoms with Gasteiger partial charge in [0.05, 0.1) is 12.8 Å². The number of imidazole rings is 1. The summed E-state index contributed by atoms with van der Waals surface area (Å²) in [5, 5.41) is 3.35. The van der Waals surface area contributed by atoms with E-state index < -0.39 is 37.4 Å². The van der Waals surface area contributed by atoms with E-state index in [1.165, 1.54) is 18.3 Å². The van der Waals surface area contributed by atoms with Crippen molar-refractivity contribution in [3.05, 3.63) is 30.2 Å². The Morgan fingerprint density at radius 1 is 1.09 bits per heavy atom. The maximum Gasteiger partial charge on any atom is 0.434 e. The zero-order valence-corrected chi connectivity index (χ0v) is 29.3. The summed E-state index contributed by atoms with van der Waals surface area (Å²) in [6, 6.07) is 2.82. The number of hydrogen-bond acceptors (Lipinski definition) is 9. The molecule has 0 spiro atoms. The average molecular weight is 668 g/mol. The molecule has 3 aromatic rings. The molecule has 0 aromatic carbocycles. The van der Waals surface area contributed by atoms with E-state index in [1.807, 2.05) is 32.3 Å². The minimum absolute atomic E-state index is 0.0405. The lowest BCUT2D eigenvalue weighted by molar-refractivity contribution is -0.143. The van der Waals surface area contributed by atoms with Crippen LogP contribution >= 0.6 is 11.8 Å². The molecule has 1 saturated heterocycles. The molecule has 248 valence electrons. The number of halogens is 3. The first-order valence-corrected chi connectivity index (χ1v) is 18.7. The van der Waals surface area contributed by atoms with Crippen LogP contribution in [-0.2, 0) is 21.9 Å². The number of nitrogens with zero attached hydrogens (tertiary/aromatic N) is 6. The molecule has 0 radical (unpaired) electrons. The molecule has 3 aromatic heterocycles. The third kappa shape index (κ3) is 8.67. The normalized spacial score (nSPS) is 16.2. The van der Waals surface area contributed by atoms with Crippen molar-refractivity contribution in [2.24, 2.45) is 0 Å². The molecule has 0 saturated carbocycles. The molecule has 0 unspecified atom stereocenters. The minimum Gasteiger partial charge on any atom is -0.444 e. The number of anilines is 1. The number of alkyl halides is 3. The highest BCUT2D eigenvalue weighted by molar-refractivity contribution is 7.99. The predicted octanol–water partition coefficient (Wildman–Crippen LogP) is 7.30. The molecule has 1 aliphatic heterocycles. The Morgan fingerprint density at radius 3 is 2.36 bits per heavy atom. The molecular formula is C30H44F3N7O3SSi. The Balaban J connectivity index is 1.61. The first kappa shape index (κ1) is 35.0. The first-order chi connectivity index (χ1) is 20.7. The van der Waals surface area contributed by atoms with Gasteiger partial charge in [0.1, 0.15) is 10.6 Å². The number of pyridine rings is 1. The monoisotopic (exact) mass is 667 g/mol. The predicted molar refractivity (Wildman–Crippen MR) is 171 cm³/mol. The van der Waals surface area contributed by atoms with E-state index in [9.17, 15) is 18.0 Å². The van der Waals surface area contributed by atoms with E-state index in [1.54, 1.807) is 0 Å². The molecule has 0 aliphatic carbocycles. The maximum absolute atomic E-state index is 13.6. The minimum atomic E-state index is -4.60. The van der Waals surface area contributed by atoms with Crippen LogP contribution < -0.4 is 10.2 Å². The van der Waals surface area contributed by atoms with Gasteiger partial charge < -0.3 is 19.4 Å². The van der Waals surface area contributed by atoms with Crippen LogP contribution in [0.15, 0.2) is 34.4 Å². The van der Waals surface area contributed by atoms with Crippen molar-refractivity contribution in [3.63, 3.8) is 0 Å². The van der Waals surface area contributed by atoms with E-state index >= 15 is 0 Å². The Hall–Kier alpha value is -2.91. The Labute approximate surface area is 268 Å². The van der Waals surface area contributed by atoms with Crippen LogP contribution in [0.1, 0.15) is 67.0 Å². The van der Waals surface area contributed by atoms with Crippen molar-refractivity contribution in [2.45, 2.75) is 113 Å². The van der Waals surface area contributed by atoms with E-state index in [0.717, 1.165) is 18.0 Å². The van der Waals surface area contributed by atoms with Gasteiger partial charge in [0.25, 0.3) is 0 Å². The van der Waals surface area contributed by atoms with Crippen molar-refractivity contribution in [3.8, 4) is 0 Å². The Bertz CT molecular complexity index is 1510. The number of alkyl carbamates (subject to hydrolysis) is 1. The van der Waals surface area contributed by atoms with Crippen LogP contribution in [0.3, 0.4) is 0 Å². The third-order valence-electron chi connectivity index (χ3n) is 8.21. The van der Waals surface area contributed by atoms with E-state index in [0.29, 0.717) is 56.3 Å². The van der Waals surface area contributed by atoms with E-state index in [2.05, 4.69) is 59.0 Å². The molecule has 1 amide bonds. The van der Waals surface area contributed by atoms with E-state index in [-0.39, 0.29) is 15.0 Å². The highest BCUT2D eigenvalue weighted by Crippen LogP contribution is 2.39. The summed E-state index contributed by atoms with van der Waals surface area (Å²) in [6.07, 6.45) is -1.16.